The summed E-state index contributed by atoms with van der Waals surface area (Å²) in [5.74, 6) is 0.171. The highest BCUT2D eigenvalue weighted by molar-refractivity contribution is 6.33. The summed E-state index contributed by atoms with van der Waals surface area (Å²) in [6, 6.07) is 5.97. The second-order valence-corrected chi connectivity index (χ2v) is 5.58. The molecule has 0 bridgehead atoms. The third-order valence-electron chi connectivity index (χ3n) is 3.79. The van der Waals surface area contributed by atoms with Gasteiger partial charge in [0, 0.05) is 26.7 Å². The van der Waals surface area contributed by atoms with E-state index in [1.807, 2.05) is 19.2 Å². The molecule has 110 valence electrons. The van der Waals surface area contributed by atoms with Gasteiger partial charge in [-0.05, 0) is 31.5 Å². The first-order valence-corrected chi connectivity index (χ1v) is 7.43. The Hall–Kier alpha value is -1.26. The number of benzene rings is 1. The van der Waals surface area contributed by atoms with Crippen LogP contribution in [0.5, 0.6) is 0 Å². The van der Waals surface area contributed by atoms with Crippen LogP contribution in [-0.2, 0) is 11.3 Å². The molecule has 5 heteroatoms. The number of nitrogens with one attached hydrogen (secondary N) is 2. The molecule has 1 heterocycles. The van der Waals surface area contributed by atoms with Gasteiger partial charge < -0.3 is 15.5 Å². The van der Waals surface area contributed by atoms with Crippen molar-refractivity contribution in [1.82, 2.24) is 10.6 Å². The molecule has 0 spiro atoms. The van der Waals surface area contributed by atoms with Crippen molar-refractivity contribution in [3.8, 4) is 0 Å². The Balaban J connectivity index is 2.24. The van der Waals surface area contributed by atoms with Gasteiger partial charge in [-0.3, -0.25) is 4.79 Å². The highest BCUT2D eigenvalue weighted by Gasteiger charge is 2.27. The zero-order valence-electron chi connectivity index (χ0n) is 12.1. The summed E-state index contributed by atoms with van der Waals surface area (Å²) in [6.07, 6.45) is 1.96. The molecule has 4 nitrogen and oxygen atoms in total. The monoisotopic (exact) mass is 295 g/mol. The van der Waals surface area contributed by atoms with Gasteiger partial charge in [0.2, 0.25) is 5.91 Å². The molecule has 2 N–H and O–H groups in total. The third kappa shape index (κ3) is 3.25. The lowest BCUT2D eigenvalue weighted by atomic mass is 9.96. The number of para-hydroxylation sites is 1. The molecule has 1 aliphatic heterocycles. The normalized spacial score (nSPS) is 18.9. The average molecular weight is 296 g/mol. The van der Waals surface area contributed by atoms with Crippen molar-refractivity contribution < 1.29 is 4.79 Å². The van der Waals surface area contributed by atoms with Crippen LogP contribution in [0.3, 0.4) is 0 Å². The van der Waals surface area contributed by atoms with Gasteiger partial charge >= 0.3 is 0 Å². The number of carbonyl (C=O) groups excluding carboxylic acids is 1. The van der Waals surface area contributed by atoms with Crippen molar-refractivity contribution in [1.29, 1.82) is 0 Å². The summed E-state index contributed by atoms with van der Waals surface area (Å²) in [6.45, 7) is 2.46. The third-order valence-corrected chi connectivity index (χ3v) is 4.10. The maximum atomic E-state index is 11.9. The highest BCUT2D eigenvalue weighted by atomic mass is 35.5. The molecule has 1 fully saturated rings. The summed E-state index contributed by atoms with van der Waals surface area (Å²) in [5, 5.41) is 6.68. The predicted molar refractivity (Wildman–Crippen MR) is 83.2 cm³/mol. The average Bonchev–Trinajstić information content (AvgIpc) is 2.47. The summed E-state index contributed by atoms with van der Waals surface area (Å²) in [5.41, 5.74) is 2.25. The molecule has 0 aromatic heterocycles. The van der Waals surface area contributed by atoms with Crippen LogP contribution in [0.2, 0.25) is 5.02 Å². The van der Waals surface area contributed by atoms with Gasteiger partial charge in [0.1, 0.15) is 0 Å². The van der Waals surface area contributed by atoms with Crippen LogP contribution >= 0.6 is 11.6 Å². The molecule has 1 aliphatic rings. The van der Waals surface area contributed by atoms with Gasteiger partial charge in [0.25, 0.3) is 0 Å². The Morgan fingerprint density at radius 2 is 2.25 bits per heavy atom. The Morgan fingerprint density at radius 1 is 1.45 bits per heavy atom. The number of piperidine rings is 1. The lowest BCUT2D eigenvalue weighted by Crippen LogP contribution is -2.42. The van der Waals surface area contributed by atoms with Crippen molar-refractivity contribution in [3.05, 3.63) is 28.8 Å². The Labute approximate surface area is 125 Å². The van der Waals surface area contributed by atoms with Crippen molar-refractivity contribution in [2.45, 2.75) is 19.4 Å². The predicted octanol–water partition coefficient (Wildman–Crippen LogP) is 2.02. The quantitative estimate of drug-likeness (QED) is 0.893. The number of hydrogen-bond donors (Lipinski definition) is 2. The summed E-state index contributed by atoms with van der Waals surface area (Å²) in [7, 11) is 3.62. The molecule has 1 amide bonds. The van der Waals surface area contributed by atoms with Crippen LogP contribution in [0, 0.1) is 5.92 Å². The first-order chi connectivity index (χ1) is 9.67. The van der Waals surface area contributed by atoms with Gasteiger partial charge in [0.05, 0.1) is 16.6 Å². The minimum atomic E-state index is 0.0486. The van der Waals surface area contributed by atoms with E-state index in [1.165, 1.54) is 5.56 Å². The maximum Gasteiger partial charge on any atom is 0.224 e. The molecule has 0 radical (unpaired) electrons. The topological polar surface area (TPSA) is 44.4 Å². The largest absolute Gasteiger partial charge is 0.369 e. The SMILES string of the molecule is CNCc1cccc(Cl)c1N1CCCC(C(=O)NC)C1. The standard InChI is InChI=1S/C15H22ClN3O/c1-17-9-11-5-3-7-13(16)14(11)19-8-4-6-12(10-19)15(20)18-2/h3,5,7,12,17H,4,6,8-10H2,1-2H3,(H,18,20). The van der Waals surface area contributed by atoms with Gasteiger partial charge in [-0.2, -0.15) is 0 Å². The number of halogens is 1. The van der Waals surface area contributed by atoms with E-state index in [9.17, 15) is 4.79 Å². The van der Waals surface area contributed by atoms with E-state index in [2.05, 4.69) is 21.6 Å². The van der Waals surface area contributed by atoms with Crippen molar-refractivity contribution in [2.75, 3.05) is 32.1 Å². The molecule has 0 aliphatic carbocycles. The first-order valence-electron chi connectivity index (χ1n) is 7.06. The van der Waals surface area contributed by atoms with E-state index in [0.29, 0.717) is 0 Å². The molecular weight excluding hydrogens is 274 g/mol. The van der Waals surface area contributed by atoms with Crippen LogP contribution in [-0.4, -0.2) is 33.1 Å². The van der Waals surface area contributed by atoms with Crippen molar-refractivity contribution >= 4 is 23.2 Å². The summed E-state index contributed by atoms with van der Waals surface area (Å²) < 4.78 is 0. The number of anilines is 1. The van der Waals surface area contributed by atoms with E-state index in [-0.39, 0.29) is 11.8 Å². The van der Waals surface area contributed by atoms with Crippen LogP contribution in [0.1, 0.15) is 18.4 Å². The second-order valence-electron chi connectivity index (χ2n) is 5.18. The van der Waals surface area contributed by atoms with Crippen LogP contribution in [0.4, 0.5) is 5.69 Å². The van der Waals surface area contributed by atoms with Gasteiger partial charge in [-0.25, -0.2) is 0 Å². The van der Waals surface area contributed by atoms with Crippen LogP contribution in [0.15, 0.2) is 18.2 Å². The van der Waals surface area contributed by atoms with E-state index in [4.69, 9.17) is 11.6 Å². The number of carbonyl (C=O) groups is 1. The van der Waals surface area contributed by atoms with E-state index >= 15 is 0 Å². The summed E-state index contributed by atoms with van der Waals surface area (Å²) in [4.78, 5) is 14.1. The number of hydrogen-bond acceptors (Lipinski definition) is 3. The molecular formula is C15H22ClN3O. The van der Waals surface area contributed by atoms with Crippen molar-refractivity contribution in [3.63, 3.8) is 0 Å². The Morgan fingerprint density at radius 3 is 2.95 bits per heavy atom. The minimum Gasteiger partial charge on any atom is -0.369 e. The molecule has 1 atom stereocenters. The number of nitrogens with zero attached hydrogens (tertiary/aromatic N) is 1. The second kappa shape index (κ2) is 6.95. The molecule has 1 saturated heterocycles. The minimum absolute atomic E-state index is 0.0486. The molecule has 1 unspecified atom stereocenters. The van der Waals surface area contributed by atoms with Crippen LogP contribution in [0.25, 0.3) is 0 Å². The van der Waals surface area contributed by atoms with E-state index in [1.54, 1.807) is 7.05 Å². The molecule has 1 aromatic carbocycles. The Bertz CT molecular complexity index is 478. The smallest absolute Gasteiger partial charge is 0.224 e. The lowest BCUT2D eigenvalue weighted by Gasteiger charge is -2.35. The fraction of sp³-hybridized carbons (Fsp3) is 0.533. The van der Waals surface area contributed by atoms with Gasteiger partial charge in [-0.1, -0.05) is 23.7 Å². The zero-order chi connectivity index (χ0) is 14.5. The molecule has 0 saturated carbocycles. The van der Waals surface area contributed by atoms with Crippen molar-refractivity contribution in [2.24, 2.45) is 5.92 Å². The maximum absolute atomic E-state index is 11.9. The fourth-order valence-electron chi connectivity index (χ4n) is 2.85. The van der Waals surface area contributed by atoms with E-state index < -0.39 is 0 Å². The fourth-order valence-corrected chi connectivity index (χ4v) is 3.16. The number of amides is 1. The molecule has 1 aromatic rings. The number of rotatable bonds is 4. The summed E-state index contributed by atoms with van der Waals surface area (Å²) >= 11 is 6.39. The zero-order valence-corrected chi connectivity index (χ0v) is 12.8. The van der Waals surface area contributed by atoms with Crippen LogP contribution < -0.4 is 15.5 Å². The molecule has 20 heavy (non-hydrogen) atoms. The van der Waals surface area contributed by atoms with Gasteiger partial charge in [-0.15, -0.1) is 0 Å². The Kier molecular flexibility index (Phi) is 5.26. The lowest BCUT2D eigenvalue weighted by molar-refractivity contribution is -0.124. The first kappa shape index (κ1) is 15.1. The highest BCUT2D eigenvalue weighted by Crippen LogP contribution is 2.33. The van der Waals surface area contributed by atoms with E-state index in [0.717, 1.165) is 43.2 Å². The molecule has 2 rings (SSSR count). The van der Waals surface area contributed by atoms with Gasteiger partial charge in [0.15, 0.2) is 0 Å².